The van der Waals surface area contributed by atoms with Gasteiger partial charge < -0.3 is 9.64 Å². The summed E-state index contributed by atoms with van der Waals surface area (Å²) in [6.07, 6.45) is 0. The van der Waals surface area contributed by atoms with E-state index in [1.807, 2.05) is 12.1 Å². The standard InChI is InChI=1S/C14H20BrNO2/c1-10(2)8-16(3)9-12-6-5-11(7-13(12)15)14(17)18-4/h5-7,10H,8-9H2,1-4H3. The maximum atomic E-state index is 11.4. The summed E-state index contributed by atoms with van der Waals surface area (Å²) in [6.45, 7) is 6.31. The SMILES string of the molecule is COC(=O)c1ccc(CN(C)CC(C)C)c(Br)c1. The van der Waals surface area contributed by atoms with Crippen LogP contribution in [0, 0.1) is 5.92 Å². The van der Waals surface area contributed by atoms with Crippen LogP contribution in [0.15, 0.2) is 22.7 Å². The van der Waals surface area contributed by atoms with Crippen molar-refractivity contribution in [3.8, 4) is 0 Å². The zero-order valence-corrected chi connectivity index (χ0v) is 13.0. The highest BCUT2D eigenvalue weighted by atomic mass is 79.9. The molecule has 0 heterocycles. The van der Waals surface area contributed by atoms with E-state index in [9.17, 15) is 4.79 Å². The van der Waals surface area contributed by atoms with E-state index in [1.54, 1.807) is 6.07 Å². The molecule has 1 aromatic carbocycles. The molecule has 0 N–H and O–H groups in total. The second kappa shape index (κ2) is 6.90. The Labute approximate surface area is 117 Å². The Morgan fingerprint density at radius 2 is 2.11 bits per heavy atom. The van der Waals surface area contributed by atoms with Gasteiger partial charge in [-0.05, 0) is 30.7 Å². The van der Waals surface area contributed by atoms with Crippen LogP contribution in [0.5, 0.6) is 0 Å². The fraction of sp³-hybridized carbons (Fsp3) is 0.500. The minimum absolute atomic E-state index is 0.308. The first kappa shape index (κ1) is 15.2. The van der Waals surface area contributed by atoms with Gasteiger partial charge in [-0.25, -0.2) is 4.79 Å². The first-order chi connectivity index (χ1) is 8.43. The second-order valence-corrected chi connectivity index (χ2v) is 5.74. The van der Waals surface area contributed by atoms with E-state index >= 15 is 0 Å². The number of halogens is 1. The fourth-order valence-electron chi connectivity index (χ4n) is 1.90. The quantitative estimate of drug-likeness (QED) is 0.781. The van der Waals surface area contributed by atoms with Gasteiger partial charge in [0.2, 0.25) is 0 Å². The molecule has 1 aromatic rings. The normalized spacial score (nSPS) is 11.1. The number of methoxy groups -OCH3 is 1. The first-order valence-electron chi connectivity index (χ1n) is 5.99. The Balaban J connectivity index is 2.76. The molecule has 0 unspecified atom stereocenters. The van der Waals surface area contributed by atoms with E-state index in [0.717, 1.165) is 17.6 Å². The Morgan fingerprint density at radius 1 is 1.44 bits per heavy atom. The third-order valence-electron chi connectivity index (χ3n) is 2.59. The number of hydrogen-bond acceptors (Lipinski definition) is 3. The molecule has 0 aliphatic carbocycles. The summed E-state index contributed by atoms with van der Waals surface area (Å²) in [5, 5.41) is 0. The van der Waals surface area contributed by atoms with E-state index in [4.69, 9.17) is 4.74 Å². The molecule has 100 valence electrons. The molecule has 3 nitrogen and oxygen atoms in total. The molecular weight excluding hydrogens is 294 g/mol. The van der Waals surface area contributed by atoms with Crippen molar-refractivity contribution in [3.63, 3.8) is 0 Å². The smallest absolute Gasteiger partial charge is 0.337 e. The summed E-state index contributed by atoms with van der Waals surface area (Å²) in [5.41, 5.74) is 1.74. The van der Waals surface area contributed by atoms with Crippen molar-refractivity contribution >= 4 is 21.9 Å². The van der Waals surface area contributed by atoms with Gasteiger partial charge in [0.25, 0.3) is 0 Å². The summed E-state index contributed by atoms with van der Waals surface area (Å²) in [5.74, 6) is 0.334. The lowest BCUT2D eigenvalue weighted by atomic mass is 10.1. The molecule has 0 aliphatic rings. The van der Waals surface area contributed by atoms with Gasteiger partial charge in [0, 0.05) is 17.6 Å². The maximum Gasteiger partial charge on any atom is 0.337 e. The van der Waals surface area contributed by atoms with E-state index in [-0.39, 0.29) is 5.97 Å². The second-order valence-electron chi connectivity index (χ2n) is 4.89. The lowest BCUT2D eigenvalue weighted by Gasteiger charge is -2.19. The molecule has 1 rings (SSSR count). The van der Waals surface area contributed by atoms with Gasteiger partial charge in [0.15, 0.2) is 0 Å². The number of ether oxygens (including phenoxy) is 1. The molecular formula is C14H20BrNO2. The number of carbonyl (C=O) groups excluding carboxylic acids is 1. The van der Waals surface area contributed by atoms with Crippen molar-refractivity contribution in [1.82, 2.24) is 4.90 Å². The number of rotatable bonds is 5. The van der Waals surface area contributed by atoms with Crippen LogP contribution in [0.25, 0.3) is 0 Å². The molecule has 0 radical (unpaired) electrons. The Bertz CT molecular complexity index is 418. The first-order valence-corrected chi connectivity index (χ1v) is 6.78. The topological polar surface area (TPSA) is 29.5 Å². The van der Waals surface area contributed by atoms with Crippen molar-refractivity contribution in [2.75, 3.05) is 20.7 Å². The van der Waals surface area contributed by atoms with Crippen molar-refractivity contribution in [2.45, 2.75) is 20.4 Å². The van der Waals surface area contributed by atoms with Crippen LogP contribution >= 0.6 is 15.9 Å². The van der Waals surface area contributed by atoms with E-state index < -0.39 is 0 Å². The van der Waals surface area contributed by atoms with Crippen LogP contribution in [0.3, 0.4) is 0 Å². The van der Waals surface area contributed by atoms with Gasteiger partial charge in [0.05, 0.1) is 12.7 Å². The maximum absolute atomic E-state index is 11.4. The van der Waals surface area contributed by atoms with Gasteiger partial charge in [-0.2, -0.15) is 0 Å². The highest BCUT2D eigenvalue weighted by Crippen LogP contribution is 2.20. The zero-order valence-electron chi connectivity index (χ0n) is 11.4. The number of benzene rings is 1. The molecule has 0 atom stereocenters. The van der Waals surface area contributed by atoms with Crippen LogP contribution in [0.1, 0.15) is 29.8 Å². The number of hydrogen-bond donors (Lipinski definition) is 0. The van der Waals surface area contributed by atoms with Gasteiger partial charge in [-0.1, -0.05) is 35.8 Å². The van der Waals surface area contributed by atoms with Gasteiger partial charge >= 0.3 is 5.97 Å². The lowest BCUT2D eigenvalue weighted by Crippen LogP contribution is -2.22. The average molecular weight is 314 g/mol. The molecule has 0 aromatic heterocycles. The van der Waals surface area contributed by atoms with E-state index in [0.29, 0.717) is 11.5 Å². The molecule has 0 amide bonds. The molecule has 0 saturated heterocycles. The van der Waals surface area contributed by atoms with Crippen molar-refractivity contribution in [2.24, 2.45) is 5.92 Å². The van der Waals surface area contributed by atoms with Crippen molar-refractivity contribution < 1.29 is 9.53 Å². The summed E-state index contributed by atoms with van der Waals surface area (Å²) in [4.78, 5) is 13.7. The fourth-order valence-corrected chi connectivity index (χ4v) is 2.40. The Morgan fingerprint density at radius 3 is 2.61 bits per heavy atom. The largest absolute Gasteiger partial charge is 0.465 e. The zero-order chi connectivity index (χ0) is 13.7. The van der Waals surface area contributed by atoms with Crippen molar-refractivity contribution in [1.29, 1.82) is 0 Å². The van der Waals surface area contributed by atoms with Gasteiger partial charge in [-0.15, -0.1) is 0 Å². The monoisotopic (exact) mass is 313 g/mol. The molecule has 0 bridgehead atoms. The Hall–Kier alpha value is -0.870. The third-order valence-corrected chi connectivity index (χ3v) is 3.33. The van der Waals surface area contributed by atoms with Crippen LogP contribution in [-0.4, -0.2) is 31.6 Å². The van der Waals surface area contributed by atoms with Gasteiger partial charge in [0.1, 0.15) is 0 Å². The summed E-state index contributed by atoms with van der Waals surface area (Å²) in [7, 11) is 3.49. The summed E-state index contributed by atoms with van der Waals surface area (Å²) >= 11 is 3.50. The number of nitrogens with zero attached hydrogens (tertiary/aromatic N) is 1. The predicted octanol–water partition coefficient (Wildman–Crippen LogP) is 3.32. The minimum atomic E-state index is -0.308. The van der Waals surface area contributed by atoms with Crippen LogP contribution in [0.4, 0.5) is 0 Å². The third kappa shape index (κ3) is 4.42. The number of esters is 1. The van der Waals surface area contributed by atoms with Crippen molar-refractivity contribution in [3.05, 3.63) is 33.8 Å². The van der Waals surface area contributed by atoms with Crippen LogP contribution < -0.4 is 0 Å². The highest BCUT2D eigenvalue weighted by Gasteiger charge is 2.10. The molecule has 0 saturated carbocycles. The predicted molar refractivity (Wildman–Crippen MR) is 76.7 cm³/mol. The van der Waals surface area contributed by atoms with Crippen LogP contribution in [-0.2, 0) is 11.3 Å². The molecule has 0 aliphatic heterocycles. The summed E-state index contributed by atoms with van der Waals surface area (Å²) < 4.78 is 5.64. The minimum Gasteiger partial charge on any atom is -0.465 e. The van der Waals surface area contributed by atoms with E-state index in [2.05, 4.69) is 41.7 Å². The lowest BCUT2D eigenvalue weighted by molar-refractivity contribution is 0.0600. The summed E-state index contributed by atoms with van der Waals surface area (Å²) in [6, 6.07) is 5.58. The highest BCUT2D eigenvalue weighted by molar-refractivity contribution is 9.10. The molecule has 0 spiro atoms. The average Bonchev–Trinajstić information content (AvgIpc) is 2.29. The molecule has 0 fully saturated rings. The Kier molecular flexibility index (Phi) is 5.82. The van der Waals surface area contributed by atoms with Crippen LogP contribution in [0.2, 0.25) is 0 Å². The number of carbonyl (C=O) groups is 1. The van der Waals surface area contributed by atoms with E-state index in [1.165, 1.54) is 12.7 Å². The molecule has 18 heavy (non-hydrogen) atoms. The molecule has 4 heteroatoms. The van der Waals surface area contributed by atoms with Gasteiger partial charge in [-0.3, -0.25) is 0 Å².